The van der Waals surface area contributed by atoms with Gasteiger partial charge >= 0.3 is 17.9 Å². The number of nitrogens with one attached hydrogen (secondary N) is 1. The molecule has 0 unspecified atom stereocenters. The van der Waals surface area contributed by atoms with Crippen LogP contribution in [-0.4, -0.2) is 66.4 Å². The molecule has 0 fully saturated rings. The standard InChI is InChI=1S/C6H8O7.C2H7N.B/c7-3(8)1-6(13,5(11)12)2-4(9)10;1-3-2;/h13H,1-2H2,(H,7,8)(H,9,10)(H,11,12);3H,1-2H3;. The maximum atomic E-state index is 10.3. The minimum Gasteiger partial charge on any atom is -0.481 e. The second kappa shape index (κ2) is 9.61. The molecule has 0 aromatic rings. The molecule has 8 nitrogen and oxygen atoms in total. The van der Waals surface area contributed by atoms with Gasteiger partial charge in [0.15, 0.2) is 5.60 Å². The quantitative estimate of drug-likeness (QED) is 0.358. The third-order valence-corrected chi connectivity index (χ3v) is 1.29. The monoisotopic (exact) mass is 248 g/mol. The molecule has 0 aromatic heterocycles. The van der Waals surface area contributed by atoms with Crippen LogP contribution < -0.4 is 5.32 Å². The fourth-order valence-electron chi connectivity index (χ4n) is 0.714. The van der Waals surface area contributed by atoms with E-state index in [1.54, 1.807) is 0 Å². The maximum Gasteiger partial charge on any atom is 0.336 e. The fourth-order valence-corrected chi connectivity index (χ4v) is 0.714. The van der Waals surface area contributed by atoms with Crippen LogP contribution in [0, 0.1) is 0 Å². The van der Waals surface area contributed by atoms with Crippen LogP contribution >= 0.6 is 0 Å². The summed E-state index contributed by atoms with van der Waals surface area (Å²) in [6.45, 7) is 0. The second-order valence-electron chi connectivity index (χ2n) is 2.98. The van der Waals surface area contributed by atoms with Crippen molar-refractivity contribution in [3.8, 4) is 0 Å². The van der Waals surface area contributed by atoms with Crippen LogP contribution in [0.5, 0.6) is 0 Å². The van der Waals surface area contributed by atoms with Crippen molar-refractivity contribution in [1.82, 2.24) is 5.32 Å². The lowest BCUT2D eigenvalue weighted by Gasteiger charge is -2.18. The van der Waals surface area contributed by atoms with Crippen molar-refractivity contribution < 1.29 is 34.8 Å². The molecule has 5 N–H and O–H groups in total. The summed E-state index contributed by atoms with van der Waals surface area (Å²) in [6.07, 6.45) is -2.29. The van der Waals surface area contributed by atoms with Gasteiger partial charge in [0, 0.05) is 8.41 Å². The van der Waals surface area contributed by atoms with Crippen molar-refractivity contribution in [3.63, 3.8) is 0 Å². The topological polar surface area (TPSA) is 144 Å². The smallest absolute Gasteiger partial charge is 0.336 e. The van der Waals surface area contributed by atoms with E-state index in [4.69, 9.17) is 20.4 Å². The summed E-state index contributed by atoms with van der Waals surface area (Å²) in [7, 11) is 3.75. The van der Waals surface area contributed by atoms with Crippen molar-refractivity contribution >= 4 is 26.3 Å². The van der Waals surface area contributed by atoms with Gasteiger partial charge in [-0.15, -0.1) is 0 Å². The van der Waals surface area contributed by atoms with Gasteiger partial charge in [-0.3, -0.25) is 9.59 Å². The summed E-state index contributed by atoms with van der Waals surface area (Å²) in [4.78, 5) is 30.5. The van der Waals surface area contributed by atoms with Crippen LogP contribution in [0.1, 0.15) is 12.8 Å². The molecule has 0 spiro atoms. The first-order chi connectivity index (χ1) is 7.19. The summed E-state index contributed by atoms with van der Waals surface area (Å²) < 4.78 is 0. The summed E-state index contributed by atoms with van der Waals surface area (Å²) >= 11 is 0. The zero-order valence-electron chi connectivity index (χ0n) is 9.51. The molecule has 3 radical (unpaired) electrons. The Kier molecular flexibility index (Phi) is 11.7. The average molecular weight is 248 g/mol. The zero-order chi connectivity index (χ0) is 13.4. The van der Waals surface area contributed by atoms with E-state index in [2.05, 4.69) is 5.32 Å². The van der Waals surface area contributed by atoms with Gasteiger partial charge in [-0.2, -0.15) is 0 Å². The van der Waals surface area contributed by atoms with Gasteiger partial charge in [-0.25, -0.2) is 4.79 Å². The Balaban J connectivity index is -0.000000440. The molecular formula is C8H15BNO7. The Morgan fingerprint density at radius 2 is 1.24 bits per heavy atom. The van der Waals surface area contributed by atoms with Crippen molar-refractivity contribution in [2.24, 2.45) is 0 Å². The number of carbonyl (C=O) groups is 3. The highest BCUT2D eigenvalue weighted by Crippen LogP contribution is 2.15. The van der Waals surface area contributed by atoms with Crippen molar-refractivity contribution in [3.05, 3.63) is 0 Å². The molecule has 0 amide bonds. The minimum absolute atomic E-state index is 0. The van der Waals surface area contributed by atoms with E-state index >= 15 is 0 Å². The number of aliphatic carboxylic acids is 3. The second-order valence-corrected chi connectivity index (χ2v) is 2.98. The highest BCUT2D eigenvalue weighted by Gasteiger charge is 2.40. The summed E-state index contributed by atoms with van der Waals surface area (Å²) in [5.41, 5.74) is -2.74. The van der Waals surface area contributed by atoms with Gasteiger partial charge in [0.1, 0.15) is 0 Å². The lowest BCUT2D eigenvalue weighted by atomic mass is 9.96. The molecule has 0 aliphatic heterocycles. The molecule has 0 saturated heterocycles. The summed E-state index contributed by atoms with van der Waals surface area (Å²) in [5.74, 6) is -5.02. The third kappa shape index (κ3) is 10.7. The largest absolute Gasteiger partial charge is 0.481 e. The molecule has 0 bridgehead atoms. The zero-order valence-corrected chi connectivity index (χ0v) is 9.51. The maximum absolute atomic E-state index is 10.3. The van der Waals surface area contributed by atoms with E-state index in [0.29, 0.717) is 0 Å². The normalized spacial score (nSPS) is 9.35. The number of rotatable bonds is 5. The van der Waals surface area contributed by atoms with E-state index < -0.39 is 36.4 Å². The number of hydrogen-bond acceptors (Lipinski definition) is 5. The van der Waals surface area contributed by atoms with E-state index in [-0.39, 0.29) is 8.41 Å². The predicted molar refractivity (Wildman–Crippen MR) is 57.8 cm³/mol. The minimum atomic E-state index is -2.74. The lowest BCUT2D eigenvalue weighted by Crippen LogP contribution is -2.42. The number of aliphatic hydroxyl groups is 1. The molecule has 0 aromatic carbocycles. The van der Waals surface area contributed by atoms with Gasteiger partial charge in [-0.1, -0.05) is 0 Å². The molecule has 0 aliphatic carbocycles. The van der Waals surface area contributed by atoms with E-state index in [0.717, 1.165) is 0 Å². The van der Waals surface area contributed by atoms with E-state index in [1.165, 1.54) is 0 Å². The first-order valence-corrected chi connectivity index (χ1v) is 4.17. The van der Waals surface area contributed by atoms with Crippen LogP contribution in [-0.2, 0) is 14.4 Å². The van der Waals surface area contributed by atoms with Crippen LogP contribution in [0.4, 0.5) is 0 Å². The van der Waals surface area contributed by atoms with Gasteiger partial charge in [0.05, 0.1) is 12.8 Å². The first kappa shape index (κ1) is 20.8. The Morgan fingerprint density at radius 1 is 1.00 bits per heavy atom. The Bertz CT molecular complexity index is 253. The Morgan fingerprint density at radius 3 is 1.35 bits per heavy atom. The molecule has 0 aliphatic rings. The highest BCUT2D eigenvalue weighted by molar-refractivity contribution is 5.88. The molecule has 0 atom stereocenters. The first-order valence-electron chi connectivity index (χ1n) is 4.17. The summed E-state index contributed by atoms with van der Waals surface area (Å²) in [5, 5.41) is 36.6. The number of hydrogen-bond donors (Lipinski definition) is 5. The van der Waals surface area contributed by atoms with E-state index in [1.807, 2.05) is 14.1 Å². The van der Waals surface area contributed by atoms with Gasteiger partial charge in [0.25, 0.3) is 0 Å². The predicted octanol–water partition coefficient (Wildman–Crippen LogP) is -1.79. The Hall–Kier alpha value is -1.61. The van der Waals surface area contributed by atoms with Gasteiger partial charge in [-0.05, 0) is 14.1 Å². The molecule has 0 rings (SSSR count). The molecular weight excluding hydrogens is 233 g/mol. The summed E-state index contributed by atoms with van der Waals surface area (Å²) in [6, 6.07) is 0. The average Bonchev–Trinajstić information content (AvgIpc) is 2.01. The molecule has 0 heterocycles. The number of carboxylic acid groups (broad SMARTS) is 3. The van der Waals surface area contributed by atoms with Crippen LogP contribution in [0.25, 0.3) is 0 Å². The van der Waals surface area contributed by atoms with Crippen molar-refractivity contribution in [2.45, 2.75) is 18.4 Å². The molecule has 9 heteroatoms. The van der Waals surface area contributed by atoms with Crippen molar-refractivity contribution in [1.29, 1.82) is 0 Å². The van der Waals surface area contributed by atoms with Gasteiger partial charge < -0.3 is 25.7 Å². The highest BCUT2D eigenvalue weighted by atomic mass is 16.4. The third-order valence-electron chi connectivity index (χ3n) is 1.29. The van der Waals surface area contributed by atoms with Crippen LogP contribution in [0.2, 0.25) is 0 Å². The SMILES string of the molecule is CNC.O=C(O)CC(O)(CC(=O)O)C(=O)O.[B]. The van der Waals surface area contributed by atoms with Crippen LogP contribution in [0.15, 0.2) is 0 Å². The molecule has 97 valence electrons. The van der Waals surface area contributed by atoms with Crippen LogP contribution in [0.3, 0.4) is 0 Å². The lowest BCUT2D eigenvalue weighted by molar-refractivity contribution is -0.170. The molecule has 17 heavy (non-hydrogen) atoms. The van der Waals surface area contributed by atoms with Gasteiger partial charge in [0.2, 0.25) is 0 Å². The molecule has 0 saturated carbocycles. The number of carboxylic acids is 3. The van der Waals surface area contributed by atoms with E-state index in [9.17, 15) is 14.4 Å². The fraction of sp³-hybridized carbons (Fsp3) is 0.625. The van der Waals surface area contributed by atoms with Crippen molar-refractivity contribution in [2.75, 3.05) is 14.1 Å². The Labute approximate surface area is 99.8 Å².